The molecule has 1 aliphatic heterocycles. The summed E-state index contributed by atoms with van der Waals surface area (Å²) in [6.45, 7) is 11.3. The molecule has 1 fully saturated rings. The summed E-state index contributed by atoms with van der Waals surface area (Å²) in [5, 5.41) is 0. The third kappa shape index (κ3) is 3.18. The molecule has 106 valence electrons. The second-order valence-corrected chi connectivity index (χ2v) is 6.59. The van der Waals surface area contributed by atoms with Crippen molar-refractivity contribution in [1.29, 1.82) is 0 Å². The molecule has 0 radical (unpaired) electrons. The van der Waals surface area contributed by atoms with Crippen LogP contribution < -0.4 is 5.73 Å². The van der Waals surface area contributed by atoms with Gasteiger partial charge in [0.2, 0.25) is 0 Å². The van der Waals surface area contributed by atoms with Crippen LogP contribution in [0.5, 0.6) is 0 Å². The van der Waals surface area contributed by atoms with Crippen molar-refractivity contribution in [1.82, 2.24) is 4.90 Å². The molecule has 0 bridgehead atoms. The molecule has 2 heteroatoms. The van der Waals surface area contributed by atoms with E-state index in [-0.39, 0.29) is 11.6 Å². The zero-order valence-electron chi connectivity index (χ0n) is 12.9. The smallest absolute Gasteiger partial charge is 0.0307 e. The summed E-state index contributed by atoms with van der Waals surface area (Å²) in [7, 11) is 0. The van der Waals surface area contributed by atoms with Gasteiger partial charge < -0.3 is 5.73 Å². The Labute approximate surface area is 118 Å². The highest BCUT2D eigenvalue weighted by Gasteiger charge is 2.34. The Bertz CT molecular complexity index is 431. The zero-order chi connectivity index (χ0) is 14.0. The van der Waals surface area contributed by atoms with Crippen molar-refractivity contribution in [2.45, 2.75) is 58.5 Å². The van der Waals surface area contributed by atoms with Crippen molar-refractivity contribution in [3.05, 3.63) is 34.9 Å². The van der Waals surface area contributed by atoms with E-state index < -0.39 is 0 Å². The number of hydrogen-bond donors (Lipinski definition) is 1. The average Bonchev–Trinajstić information content (AvgIpc) is 2.88. The Hall–Kier alpha value is -0.860. The van der Waals surface area contributed by atoms with Gasteiger partial charge in [-0.2, -0.15) is 0 Å². The standard InChI is InChI=1S/C17H28N2/c1-13-7-8-14(2)15(11-13)12-16(18)17(3,4)19-9-5-6-10-19/h7-8,11,16H,5-6,9-10,12,18H2,1-4H3. The highest BCUT2D eigenvalue weighted by Crippen LogP contribution is 2.26. The van der Waals surface area contributed by atoms with Gasteiger partial charge in [-0.05, 0) is 71.2 Å². The zero-order valence-corrected chi connectivity index (χ0v) is 12.9. The fourth-order valence-corrected chi connectivity index (χ4v) is 3.03. The van der Waals surface area contributed by atoms with Crippen LogP contribution in [-0.4, -0.2) is 29.6 Å². The average molecular weight is 260 g/mol. The van der Waals surface area contributed by atoms with Gasteiger partial charge in [0.1, 0.15) is 0 Å². The van der Waals surface area contributed by atoms with E-state index in [0.717, 1.165) is 6.42 Å². The summed E-state index contributed by atoms with van der Waals surface area (Å²) >= 11 is 0. The van der Waals surface area contributed by atoms with Crippen LogP contribution in [-0.2, 0) is 6.42 Å². The van der Waals surface area contributed by atoms with Gasteiger partial charge in [0, 0.05) is 11.6 Å². The number of hydrogen-bond acceptors (Lipinski definition) is 2. The lowest BCUT2D eigenvalue weighted by atomic mass is 9.87. The monoisotopic (exact) mass is 260 g/mol. The molecule has 1 heterocycles. The van der Waals surface area contributed by atoms with E-state index in [1.807, 2.05) is 0 Å². The molecule has 19 heavy (non-hydrogen) atoms. The summed E-state index contributed by atoms with van der Waals surface area (Å²) in [5.41, 5.74) is 10.7. The third-order valence-electron chi connectivity index (χ3n) is 4.77. The largest absolute Gasteiger partial charge is 0.326 e. The van der Waals surface area contributed by atoms with Crippen LogP contribution in [0.4, 0.5) is 0 Å². The van der Waals surface area contributed by atoms with E-state index in [1.54, 1.807) is 0 Å². The summed E-state index contributed by atoms with van der Waals surface area (Å²) in [5.74, 6) is 0. The van der Waals surface area contributed by atoms with Crippen LogP contribution in [0.15, 0.2) is 18.2 Å². The van der Waals surface area contributed by atoms with Gasteiger partial charge >= 0.3 is 0 Å². The van der Waals surface area contributed by atoms with E-state index in [2.05, 4.69) is 50.8 Å². The number of benzene rings is 1. The minimum Gasteiger partial charge on any atom is -0.326 e. The second kappa shape index (κ2) is 5.64. The molecule has 0 spiro atoms. The van der Waals surface area contributed by atoms with E-state index in [1.165, 1.54) is 42.6 Å². The molecule has 0 aliphatic carbocycles. The topological polar surface area (TPSA) is 29.3 Å². The predicted octanol–water partition coefficient (Wildman–Crippen LogP) is 3.05. The minimum absolute atomic E-state index is 0.0900. The molecule has 1 aromatic rings. The van der Waals surface area contributed by atoms with Crippen LogP contribution >= 0.6 is 0 Å². The SMILES string of the molecule is Cc1ccc(C)c(CC(N)C(C)(C)N2CCCC2)c1. The highest BCUT2D eigenvalue weighted by molar-refractivity contribution is 5.31. The van der Waals surface area contributed by atoms with Crippen molar-refractivity contribution in [3.63, 3.8) is 0 Å². The summed E-state index contributed by atoms with van der Waals surface area (Å²) in [4.78, 5) is 2.56. The molecule has 1 aliphatic rings. The van der Waals surface area contributed by atoms with Gasteiger partial charge in [-0.25, -0.2) is 0 Å². The fourth-order valence-electron chi connectivity index (χ4n) is 3.03. The van der Waals surface area contributed by atoms with Gasteiger partial charge in [-0.1, -0.05) is 23.8 Å². The van der Waals surface area contributed by atoms with Crippen LogP contribution in [0, 0.1) is 13.8 Å². The van der Waals surface area contributed by atoms with Gasteiger partial charge in [0.15, 0.2) is 0 Å². The van der Waals surface area contributed by atoms with Crippen LogP contribution in [0.25, 0.3) is 0 Å². The van der Waals surface area contributed by atoms with Gasteiger partial charge in [-0.15, -0.1) is 0 Å². The molecular formula is C17H28N2. The lowest BCUT2D eigenvalue weighted by molar-refractivity contribution is 0.123. The van der Waals surface area contributed by atoms with Gasteiger partial charge in [-0.3, -0.25) is 4.90 Å². The van der Waals surface area contributed by atoms with Gasteiger partial charge in [0.25, 0.3) is 0 Å². The summed E-state index contributed by atoms with van der Waals surface area (Å²) in [6.07, 6.45) is 3.61. The number of nitrogens with zero attached hydrogens (tertiary/aromatic N) is 1. The first-order chi connectivity index (χ1) is 8.91. The fraction of sp³-hybridized carbons (Fsp3) is 0.647. The van der Waals surface area contributed by atoms with Crippen molar-refractivity contribution in [3.8, 4) is 0 Å². The summed E-state index contributed by atoms with van der Waals surface area (Å²) in [6, 6.07) is 6.86. The van der Waals surface area contributed by atoms with E-state index in [4.69, 9.17) is 5.73 Å². The van der Waals surface area contributed by atoms with E-state index >= 15 is 0 Å². The van der Waals surface area contributed by atoms with Crippen molar-refractivity contribution in [2.24, 2.45) is 5.73 Å². The molecule has 2 nitrogen and oxygen atoms in total. The normalized spacial score (nSPS) is 18.8. The Balaban J connectivity index is 2.11. The molecule has 0 aromatic heterocycles. The number of nitrogens with two attached hydrogens (primary N) is 1. The maximum absolute atomic E-state index is 6.54. The minimum atomic E-state index is 0.0900. The van der Waals surface area contributed by atoms with E-state index in [9.17, 15) is 0 Å². The molecule has 0 amide bonds. The van der Waals surface area contributed by atoms with Crippen molar-refractivity contribution >= 4 is 0 Å². The number of likely N-dealkylation sites (tertiary alicyclic amines) is 1. The number of aryl methyl sites for hydroxylation is 2. The Morgan fingerprint density at radius 3 is 2.47 bits per heavy atom. The maximum Gasteiger partial charge on any atom is 0.0307 e. The molecule has 1 unspecified atom stereocenters. The molecule has 2 N–H and O–H groups in total. The Kier molecular flexibility index (Phi) is 4.32. The first kappa shape index (κ1) is 14.5. The molecule has 2 rings (SSSR count). The molecule has 1 saturated heterocycles. The highest BCUT2D eigenvalue weighted by atomic mass is 15.2. The number of rotatable bonds is 4. The van der Waals surface area contributed by atoms with E-state index in [0.29, 0.717) is 0 Å². The Morgan fingerprint density at radius 2 is 1.84 bits per heavy atom. The first-order valence-corrected chi connectivity index (χ1v) is 7.48. The lowest BCUT2D eigenvalue weighted by Crippen LogP contribution is -2.56. The molecule has 1 aromatic carbocycles. The van der Waals surface area contributed by atoms with Crippen LogP contribution in [0.3, 0.4) is 0 Å². The lowest BCUT2D eigenvalue weighted by Gasteiger charge is -2.40. The van der Waals surface area contributed by atoms with Gasteiger partial charge in [0.05, 0.1) is 0 Å². The quantitative estimate of drug-likeness (QED) is 0.901. The van der Waals surface area contributed by atoms with Crippen LogP contribution in [0.2, 0.25) is 0 Å². The van der Waals surface area contributed by atoms with Crippen LogP contribution in [0.1, 0.15) is 43.4 Å². The molecule has 1 atom stereocenters. The summed E-state index contributed by atoms with van der Waals surface area (Å²) < 4.78 is 0. The van der Waals surface area contributed by atoms with Crippen molar-refractivity contribution < 1.29 is 0 Å². The molecule has 0 saturated carbocycles. The Morgan fingerprint density at radius 1 is 1.21 bits per heavy atom. The van der Waals surface area contributed by atoms with Crippen molar-refractivity contribution in [2.75, 3.05) is 13.1 Å². The molecular weight excluding hydrogens is 232 g/mol. The predicted molar refractivity (Wildman–Crippen MR) is 82.5 cm³/mol. The maximum atomic E-state index is 6.54. The first-order valence-electron chi connectivity index (χ1n) is 7.48. The third-order valence-corrected chi connectivity index (χ3v) is 4.77. The second-order valence-electron chi connectivity index (χ2n) is 6.59.